The lowest BCUT2D eigenvalue weighted by Crippen LogP contribution is -2.21. The molecule has 22 heavy (non-hydrogen) atoms. The number of allylic oxidation sites excluding steroid dienone is 6. The summed E-state index contributed by atoms with van der Waals surface area (Å²) in [5.41, 5.74) is 4.29. The maximum absolute atomic E-state index is 4.06. The molecular weight excluding hydrogens is 268 g/mol. The van der Waals surface area contributed by atoms with Gasteiger partial charge in [-0.25, -0.2) is 0 Å². The minimum Gasteiger partial charge on any atom is -0.374 e. The largest absolute Gasteiger partial charge is 0.374 e. The topological polar surface area (TPSA) is 16.1 Å². The Morgan fingerprint density at radius 2 is 1.95 bits per heavy atom. The summed E-state index contributed by atoms with van der Waals surface area (Å²) in [5, 5.41) is 0. The third-order valence-corrected chi connectivity index (χ3v) is 4.30. The van der Waals surface area contributed by atoms with Crippen molar-refractivity contribution in [3.05, 3.63) is 77.8 Å². The summed E-state index contributed by atoms with van der Waals surface area (Å²) in [7, 11) is 0. The van der Waals surface area contributed by atoms with Crippen LogP contribution in [0.5, 0.6) is 0 Å². The lowest BCUT2D eigenvalue weighted by molar-refractivity contribution is 0.396. The van der Waals surface area contributed by atoms with Gasteiger partial charge in [-0.15, -0.1) is 0 Å². The first kappa shape index (κ1) is 14.8. The number of aromatic nitrogens is 1. The van der Waals surface area contributed by atoms with Crippen molar-refractivity contribution in [2.24, 2.45) is 0 Å². The first-order valence-corrected chi connectivity index (χ1v) is 8.27. The van der Waals surface area contributed by atoms with Crippen molar-refractivity contribution in [2.45, 2.75) is 32.1 Å². The number of rotatable bonds is 6. The molecule has 0 unspecified atom stereocenters. The Labute approximate surface area is 133 Å². The van der Waals surface area contributed by atoms with Crippen LogP contribution in [0.15, 0.2) is 72.3 Å². The highest BCUT2D eigenvalue weighted by Crippen LogP contribution is 2.23. The Bertz CT molecular complexity index is 593. The van der Waals surface area contributed by atoms with Gasteiger partial charge in [-0.2, -0.15) is 0 Å². The summed E-state index contributed by atoms with van der Waals surface area (Å²) in [4.78, 5) is 6.47. The van der Waals surface area contributed by atoms with Crippen molar-refractivity contribution < 1.29 is 0 Å². The Morgan fingerprint density at radius 1 is 1.05 bits per heavy atom. The van der Waals surface area contributed by atoms with Gasteiger partial charge >= 0.3 is 0 Å². The Kier molecular flexibility index (Phi) is 5.25. The quantitative estimate of drug-likeness (QED) is 0.569. The molecule has 0 saturated heterocycles. The molecule has 2 heterocycles. The first-order valence-electron chi connectivity index (χ1n) is 8.27. The van der Waals surface area contributed by atoms with Gasteiger partial charge in [0.05, 0.1) is 0 Å². The van der Waals surface area contributed by atoms with Gasteiger partial charge in [-0.3, -0.25) is 4.98 Å². The van der Waals surface area contributed by atoms with Gasteiger partial charge in [0, 0.05) is 25.5 Å². The van der Waals surface area contributed by atoms with E-state index in [-0.39, 0.29) is 0 Å². The summed E-state index contributed by atoms with van der Waals surface area (Å²) < 4.78 is 0. The van der Waals surface area contributed by atoms with E-state index < -0.39 is 0 Å². The molecule has 3 rings (SSSR count). The number of hydrogen-bond donors (Lipinski definition) is 0. The van der Waals surface area contributed by atoms with Gasteiger partial charge in [-0.1, -0.05) is 24.3 Å². The van der Waals surface area contributed by atoms with Crippen LogP contribution in [0.1, 0.15) is 31.2 Å². The van der Waals surface area contributed by atoms with E-state index in [0.717, 1.165) is 32.4 Å². The van der Waals surface area contributed by atoms with E-state index in [1.54, 1.807) is 0 Å². The molecule has 0 amide bonds. The van der Waals surface area contributed by atoms with Gasteiger partial charge in [0.2, 0.25) is 0 Å². The van der Waals surface area contributed by atoms with Crippen molar-refractivity contribution in [3.8, 4) is 0 Å². The van der Waals surface area contributed by atoms with Gasteiger partial charge in [0.15, 0.2) is 0 Å². The lowest BCUT2D eigenvalue weighted by atomic mass is 9.96. The average Bonchev–Trinajstić information content (AvgIpc) is 2.61. The molecule has 0 bridgehead atoms. The minimum atomic E-state index is 1.04. The number of pyridine rings is 1. The van der Waals surface area contributed by atoms with Crippen LogP contribution in [-0.2, 0) is 6.42 Å². The Morgan fingerprint density at radius 3 is 2.68 bits per heavy atom. The van der Waals surface area contributed by atoms with E-state index in [0.29, 0.717) is 0 Å². The number of hydrogen-bond acceptors (Lipinski definition) is 2. The summed E-state index contributed by atoms with van der Waals surface area (Å²) >= 11 is 0. The highest BCUT2D eigenvalue weighted by Gasteiger charge is 2.08. The van der Waals surface area contributed by atoms with Gasteiger partial charge in [0.25, 0.3) is 0 Å². The number of aryl methyl sites for hydroxylation is 1. The molecule has 0 saturated carbocycles. The molecule has 0 N–H and O–H groups in total. The van der Waals surface area contributed by atoms with Crippen LogP contribution in [0.2, 0.25) is 0 Å². The average molecular weight is 292 g/mol. The van der Waals surface area contributed by atoms with Crippen molar-refractivity contribution in [1.82, 2.24) is 9.88 Å². The van der Waals surface area contributed by atoms with Gasteiger partial charge < -0.3 is 4.90 Å². The maximum atomic E-state index is 4.06. The van der Waals surface area contributed by atoms with E-state index in [9.17, 15) is 0 Å². The molecule has 0 radical (unpaired) electrons. The maximum Gasteiger partial charge on any atom is 0.0362 e. The minimum absolute atomic E-state index is 1.04. The zero-order valence-corrected chi connectivity index (χ0v) is 13.1. The number of unbranched alkanes of at least 4 members (excludes halogenated alkanes) is 1. The molecule has 1 aliphatic carbocycles. The zero-order chi connectivity index (χ0) is 15.0. The molecule has 2 heteroatoms. The van der Waals surface area contributed by atoms with Crippen molar-refractivity contribution >= 4 is 0 Å². The van der Waals surface area contributed by atoms with Crippen molar-refractivity contribution in [2.75, 3.05) is 13.1 Å². The van der Waals surface area contributed by atoms with Crippen LogP contribution >= 0.6 is 0 Å². The predicted octanol–water partition coefficient (Wildman–Crippen LogP) is 4.44. The van der Waals surface area contributed by atoms with E-state index >= 15 is 0 Å². The van der Waals surface area contributed by atoms with E-state index in [1.165, 1.54) is 29.6 Å². The van der Waals surface area contributed by atoms with Crippen LogP contribution in [0, 0.1) is 0 Å². The summed E-state index contributed by atoms with van der Waals surface area (Å²) in [6.45, 7) is 2.19. The summed E-state index contributed by atoms with van der Waals surface area (Å²) in [6.07, 6.45) is 23.3. The molecule has 0 atom stereocenters. The van der Waals surface area contributed by atoms with Gasteiger partial charge in [-0.05, 0) is 73.2 Å². The zero-order valence-electron chi connectivity index (χ0n) is 13.1. The fraction of sp³-hybridized carbons (Fsp3) is 0.350. The normalized spacial score (nSPS) is 17.4. The highest BCUT2D eigenvalue weighted by atomic mass is 15.1. The second-order valence-electron chi connectivity index (χ2n) is 5.92. The second kappa shape index (κ2) is 7.79. The molecule has 1 aromatic rings. The molecule has 0 fully saturated rings. The van der Waals surface area contributed by atoms with Crippen LogP contribution in [0.25, 0.3) is 0 Å². The smallest absolute Gasteiger partial charge is 0.0362 e. The van der Waals surface area contributed by atoms with Crippen LogP contribution in [0.3, 0.4) is 0 Å². The molecule has 1 aromatic heterocycles. The molecule has 2 nitrogen and oxygen atoms in total. The SMILES string of the molecule is C1=CCC(C2=CCN(CCCCc3ccncc3)C=C2)=CC1. The molecule has 0 spiro atoms. The molecule has 1 aliphatic heterocycles. The molecule has 0 aromatic carbocycles. The second-order valence-corrected chi connectivity index (χ2v) is 5.92. The standard InChI is InChI=1S/C20H24N2/c1-2-7-19(8-3-1)20-11-16-22(17-12-20)15-5-4-6-18-9-13-21-14-10-18/h1-2,8-14,16H,3-7,15,17H2. The number of nitrogens with zero attached hydrogens (tertiary/aromatic N) is 2. The monoisotopic (exact) mass is 292 g/mol. The van der Waals surface area contributed by atoms with Crippen molar-refractivity contribution in [3.63, 3.8) is 0 Å². The Hall–Kier alpha value is -2.09. The fourth-order valence-corrected chi connectivity index (χ4v) is 2.96. The molecule has 114 valence electrons. The fourth-order valence-electron chi connectivity index (χ4n) is 2.96. The third kappa shape index (κ3) is 4.20. The molecule has 2 aliphatic rings. The third-order valence-electron chi connectivity index (χ3n) is 4.30. The molecular formula is C20H24N2. The van der Waals surface area contributed by atoms with E-state index in [4.69, 9.17) is 0 Å². The van der Waals surface area contributed by atoms with E-state index in [2.05, 4.69) is 58.6 Å². The van der Waals surface area contributed by atoms with Crippen LogP contribution < -0.4 is 0 Å². The van der Waals surface area contributed by atoms with Gasteiger partial charge in [0.1, 0.15) is 0 Å². The Balaban J connectivity index is 1.38. The lowest BCUT2D eigenvalue weighted by Gasteiger charge is -2.23. The summed E-state index contributed by atoms with van der Waals surface area (Å²) in [6, 6.07) is 4.23. The predicted molar refractivity (Wildman–Crippen MR) is 92.4 cm³/mol. The van der Waals surface area contributed by atoms with Crippen LogP contribution in [0.4, 0.5) is 0 Å². The van der Waals surface area contributed by atoms with E-state index in [1.807, 2.05) is 12.4 Å². The van der Waals surface area contributed by atoms with Crippen molar-refractivity contribution in [1.29, 1.82) is 0 Å². The summed E-state index contributed by atoms with van der Waals surface area (Å²) in [5.74, 6) is 0. The first-order chi connectivity index (χ1) is 10.9. The highest BCUT2D eigenvalue weighted by molar-refractivity contribution is 5.43. The van der Waals surface area contributed by atoms with Crippen LogP contribution in [-0.4, -0.2) is 23.0 Å².